The van der Waals surface area contributed by atoms with Gasteiger partial charge in [0, 0.05) is 15.9 Å². The largest absolute Gasteiger partial charge is 0.441 e. The molecular weight excluding hydrogens is 385 g/mol. The maximum Gasteiger partial charge on any atom is 0.441 e. The van der Waals surface area contributed by atoms with Crippen molar-refractivity contribution in [3.8, 4) is 0 Å². The molecule has 1 amide bonds. The summed E-state index contributed by atoms with van der Waals surface area (Å²) in [6.07, 6.45) is 0. The normalized spacial score (nSPS) is 11.4. The van der Waals surface area contributed by atoms with Crippen LogP contribution in [0.25, 0.3) is 0 Å². The molecule has 0 spiro atoms. The molecule has 1 aromatic carbocycles. The lowest BCUT2D eigenvalue weighted by Gasteiger charge is -2.08. The Kier molecular flexibility index (Phi) is 5.70. The average Bonchev–Trinajstić information content (AvgIpc) is 2.22. The standard InChI is InChI=1S/C10H8F4INOS/c11-6-1-2-7(8(15)5-6)9(17)16-3-4-18-10(12,13)14/h1-2,5H,3-4H2,(H,16,17). The predicted molar refractivity (Wildman–Crippen MR) is 70.0 cm³/mol. The predicted octanol–water partition coefficient (Wildman–Crippen LogP) is 3.41. The quantitative estimate of drug-likeness (QED) is 0.483. The molecule has 0 heterocycles. The van der Waals surface area contributed by atoms with E-state index < -0.39 is 17.2 Å². The molecule has 1 rings (SSSR count). The van der Waals surface area contributed by atoms with Crippen LogP contribution in [0.15, 0.2) is 18.2 Å². The topological polar surface area (TPSA) is 29.1 Å². The molecule has 1 aromatic rings. The third-order valence-corrected chi connectivity index (χ3v) is 3.46. The number of hydrogen-bond donors (Lipinski definition) is 1. The minimum atomic E-state index is -4.30. The monoisotopic (exact) mass is 393 g/mol. The summed E-state index contributed by atoms with van der Waals surface area (Å²) in [5, 5.41) is 2.34. The molecule has 0 aliphatic carbocycles. The molecule has 18 heavy (non-hydrogen) atoms. The first-order valence-electron chi connectivity index (χ1n) is 4.73. The lowest BCUT2D eigenvalue weighted by Crippen LogP contribution is -2.27. The first-order valence-corrected chi connectivity index (χ1v) is 6.80. The van der Waals surface area contributed by atoms with Crippen molar-refractivity contribution in [1.29, 1.82) is 0 Å². The number of hydrogen-bond acceptors (Lipinski definition) is 2. The third kappa shape index (κ3) is 5.42. The highest BCUT2D eigenvalue weighted by Gasteiger charge is 2.27. The minimum absolute atomic E-state index is 0.101. The maximum atomic E-state index is 12.8. The highest BCUT2D eigenvalue weighted by atomic mass is 127. The zero-order chi connectivity index (χ0) is 13.8. The number of nitrogens with one attached hydrogen (secondary N) is 1. The lowest BCUT2D eigenvalue weighted by atomic mass is 10.2. The number of carbonyl (C=O) groups excluding carboxylic acids is 1. The van der Waals surface area contributed by atoms with Gasteiger partial charge >= 0.3 is 5.51 Å². The second-order valence-corrected chi connectivity index (χ2v) is 5.50. The van der Waals surface area contributed by atoms with E-state index in [1.807, 2.05) is 0 Å². The maximum absolute atomic E-state index is 12.8. The molecule has 0 aliphatic heterocycles. The van der Waals surface area contributed by atoms with E-state index in [0.29, 0.717) is 3.57 Å². The Labute approximate surface area is 119 Å². The van der Waals surface area contributed by atoms with Crippen molar-refractivity contribution in [3.63, 3.8) is 0 Å². The molecule has 0 aliphatic rings. The third-order valence-electron chi connectivity index (χ3n) is 1.83. The molecule has 0 atom stereocenters. The second-order valence-electron chi connectivity index (χ2n) is 3.17. The molecule has 2 nitrogen and oxygen atoms in total. The van der Waals surface area contributed by atoms with Gasteiger partial charge in [-0.2, -0.15) is 13.2 Å². The summed E-state index contributed by atoms with van der Waals surface area (Å²) in [6, 6.07) is 3.60. The molecule has 0 bridgehead atoms. The van der Waals surface area contributed by atoms with E-state index in [1.54, 1.807) is 22.6 Å². The number of carbonyl (C=O) groups is 1. The molecule has 0 radical (unpaired) electrons. The van der Waals surface area contributed by atoms with Crippen LogP contribution in [0.1, 0.15) is 10.4 Å². The van der Waals surface area contributed by atoms with E-state index in [1.165, 1.54) is 12.1 Å². The van der Waals surface area contributed by atoms with Crippen molar-refractivity contribution in [3.05, 3.63) is 33.1 Å². The molecule has 0 saturated carbocycles. The van der Waals surface area contributed by atoms with Gasteiger partial charge in [0.05, 0.1) is 5.56 Å². The van der Waals surface area contributed by atoms with Crippen LogP contribution in [0, 0.1) is 9.39 Å². The summed E-state index contributed by atoms with van der Waals surface area (Å²) >= 11 is 1.59. The average molecular weight is 393 g/mol. The summed E-state index contributed by atoms with van der Waals surface area (Å²) in [4.78, 5) is 11.6. The van der Waals surface area contributed by atoms with Crippen LogP contribution in [-0.2, 0) is 0 Å². The SMILES string of the molecule is O=C(NCCSC(F)(F)F)c1ccc(F)cc1I. The Morgan fingerprint density at radius 3 is 2.61 bits per heavy atom. The van der Waals surface area contributed by atoms with Gasteiger partial charge in [-0.05, 0) is 52.6 Å². The molecule has 1 N–H and O–H groups in total. The summed E-state index contributed by atoms with van der Waals surface area (Å²) in [5.41, 5.74) is -4.05. The Bertz CT molecular complexity index is 438. The zero-order valence-corrected chi connectivity index (χ0v) is 11.8. The highest BCUT2D eigenvalue weighted by molar-refractivity contribution is 14.1. The van der Waals surface area contributed by atoms with Crippen molar-refractivity contribution in [2.75, 3.05) is 12.3 Å². The Balaban J connectivity index is 2.46. The molecule has 0 aromatic heterocycles. The van der Waals surface area contributed by atoms with Crippen molar-refractivity contribution in [1.82, 2.24) is 5.32 Å². The Morgan fingerprint density at radius 1 is 1.39 bits per heavy atom. The first-order chi connectivity index (χ1) is 8.29. The van der Waals surface area contributed by atoms with E-state index in [4.69, 9.17) is 0 Å². The fourth-order valence-electron chi connectivity index (χ4n) is 1.10. The molecule has 0 unspecified atom stereocenters. The van der Waals surface area contributed by atoms with Crippen molar-refractivity contribution < 1.29 is 22.4 Å². The van der Waals surface area contributed by atoms with E-state index >= 15 is 0 Å². The van der Waals surface area contributed by atoms with Crippen LogP contribution in [0.4, 0.5) is 17.6 Å². The van der Waals surface area contributed by atoms with Crippen LogP contribution in [-0.4, -0.2) is 23.7 Å². The fraction of sp³-hybridized carbons (Fsp3) is 0.300. The summed E-state index contributed by atoms with van der Waals surface area (Å²) in [6.45, 7) is -0.101. The van der Waals surface area contributed by atoms with Crippen LogP contribution >= 0.6 is 34.4 Å². The van der Waals surface area contributed by atoms with Gasteiger partial charge in [0.25, 0.3) is 5.91 Å². The summed E-state index contributed by atoms with van der Waals surface area (Å²) in [7, 11) is 0. The lowest BCUT2D eigenvalue weighted by molar-refractivity contribution is -0.0327. The summed E-state index contributed by atoms with van der Waals surface area (Å²) in [5.74, 6) is -1.24. The van der Waals surface area contributed by atoms with Crippen LogP contribution in [0.2, 0.25) is 0 Å². The Hall–Kier alpha value is -0.510. The second kappa shape index (κ2) is 6.60. The van der Waals surface area contributed by atoms with E-state index in [2.05, 4.69) is 5.32 Å². The number of amides is 1. The molecule has 0 fully saturated rings. The van der Waals surface area contributed by atoms with E-state index in [9.17, 15) is 22.4 Å². The zero-order valence-electron chi connectivity index (χ0n) is 8.85. The number of halogens is 5. The van der Waals surface area contributed by atoms with Gasteiger partial charge in [-0.25, -0.2) is 4.39 Å². The first kappa shape index (κ1) is 15.5. The van der Waals surface area contributed by atoms with Gasteiger partial charge < -0.3 is 5.32 Å². The van der Waals surface area contributed by atoms with Crippen molar-refractivity contribution in [2.45, 2.75) is 5.51 Å². The van der Waals surface area contributed by atoms with Crippen LogP contribution in [0.3, 0.4) is 0 Å². The molecule has 100 valence electrons. The molecule has 8 heteroatoms. The van der Waals surface area contributed by atoms with E-state index in [0.717, 1.165) is 6.07 Å². The minimum Gasteiger partial charge on any atom is -0.351 e. The molecular formula is C10H8F4INOS. The summed E-state index contributed by atoms with van der Waals surface area (Å²) < 4.78 is 48.7. The fourth-order valence-corrected chi connectivity index (χ4v) is 2.26. The van der Waals surface area contributed by atoms with Gasteiger partial charge in [-0.3, -0.25) is 4.79 Å². The number of benzene rings is 1. The number of thioether (sulfide) groups is 1. The van der Waals surface area contributed by atoms with Crippen molar-refractivity contribution >= 4 is 40.3 Å². The molecule has 0 saturated heterocycles. The van der Waals surface area contributed by atoms with Gasteiger partial charge in [0.1, 0.15) is 5.82 Å². The Morgan fingerprint density at radius 2 is 2.06 bits per heavy atom. The number of rotatable bonds is 4. The van der Waals surface area contributed by atoms with Crippen LogP contribution < -0.4 is 5.32 Å². The smallest absolute Gasteiger partial charge is 0.351 e. The van der Waals surface area contributed by atoms with Crippen molar-refractivity contribution in [2.24, 2.45) is 0 Å². The number of alkyl halides is 3. The van der Waals surface area contributed by atoms with Gasteiger partial charge in [-0.15, -0.1) is 0 Å². The van der Waals surface area contributed by atoms with Gasteiger partial charge in [0.2, 0.25) is 0 Å². The van der Waals surface area contributed by atoms with Gasteiger partial charge in [0.15, 0.2) is 0 Å². The highest BCUT2D eigenvalue weighted by Crippen LogP contribution is 2.29. The van der Waals surface area contributed by atoms with Crippen LogP contribution in [0.5, 0.6) is 0 Å². The van der Waals surface area contributed by atoms with E-state index in [-0.39, 0.29) is 29.6 Å². The van der Waals surface area contributed by atoms with Gasteiger partial charge in [-0.1, -0.05) is 0 Å².